The molecule has 1 amide bonds. The molecule has 7 heteroatoms. The van der Waals surface area contributed by atoms with Gasteiger partial charge in [-0.15, -0.1) is 0 Å². The first-order valence-electron chi connectivity index (χ1n) is 6.28. The molecule has 0 saturated carbocycles. The monoisotopic (exact) mass is 316 g/mol. The van der Waals surface area contributed by atoms with Crippen LogP contribution in [-0.2, 0) is 14.8 Å². The minimum atomic E-state index is -3.52. The van der Waals surface area contributed by atoms with E-state index in [1.165, 1.54) is 19.1 Å². The van der Waals surface area contributed by atoms with Crippen LogP contribution < -0.4 is 10.0 Å². The van der Waals surface area contributed by atoms with Crippen LogP contribution in [0.4, 0.5) is 5.69 Å². The van der Waals surface area contributed by atoms with E-state index in [1.807, 2.05) is 13.2 Å². The van der Waals surface area contributed by atoms with E-state index in [0.29, 0.717) is 5.69 Å². The molecule has 112 valence electrons. The molecule has 0 aromatic heterocycles. The molecule has 0 aliphatic carbocycles. The molecule has 2 N–H and O–H groups in total. The van der Waals surface area contributed by atoms with Crippen LogP contribution in [0.5, 0.6) is 0 Å². The molecule has 0 aliphatic heterocycles. The highest BCUT2D eigenvalue weighted by atomic mass is 32.2. The molecule has 1 rings (SSSR count). The van der Waals surface area contributed by atoms with Crippen LogP contribution in [0.15, 0.2) is 29.2 Å². The van der Waals surface area contributed by atoms with Crippen LogP contribution in [0.3, 0.4) is 0 Å². The second-order valence-electron chi connectivity index (χ2n) is 4.39. The van der Waals surface area contributed by atoms with Gasteiger partial charge in [-0.3, -0.25) is 4.79 Å². The Kier molecular flexibility index (Phi) is 6.51. The molecular weight excluding hydrogens is 296 g/mol. The maximum absolute atomic E-state index is 12.2. The number of carbonyl (C=O) groups is 1. The molecule has 0 heterocycles. The maximum Gasteiger partial charge on any atom is 0.240 e. The number of thioether (sulfide) groups is 1. The summed E-state index contributed by atoms with van der Waals surface area (Å²) in [4.78, 5) is 11.1. The first kappa shape index (κ1) is 17.0. The Morgan fingerprint density at radius 2 is 1.90 bits per heavy atom. The molecule has 20 heavy (non-hydrogen) atoms. The van der Waals surface area contributed by atoms with Gasteiger partial charge in [-0.1, -0.05) is 6.92 Å². The molecule has 0 unspecified atom stereocenters. The van der Waals surface area contributed by atoms with Gasteiger partial charge in [0.1, 0.15) is 0 Å². The quantitative estimate of drug-likeness (QED) is 0.807. The summed E-state index contributed by atoms with van der Waals surface area (Å²) in [6, 6.07) is 6.04. The van der Waals surface area contributed by atoms with E-state index in [0.717, 1.165) is 12.2 Å². The van der Waals surface area contributed by atoms with E-state index in [-0.39, 0.29) is 16.8 Å². The van der Waals surface area contributed by atoms with Crippen LogP contribution >= 0.6 is 11.8 Å². The molecule has 0 saturated heterocycles. The number of nitrogens with one attached hydrogen (secondary N) is 2. The summed E-state index contributed by atoms with van der Waals surface area (Å²) in [5.41, 5.74) is 0.576. The Balaban J connectivity index is 2.84. The number of sulfonamides is 1. The smallest absolute Gasteiger partial charge is 0.240 e. The summed E-state index contributed by atoms with van der Waals surface area (Å²) in [6.07, 6.45) is 2.68. The van der Waals surface area contributed by atoms with Crippen molar-refractivity contribution in [3.8, 4) is 0 Å². The SMILES string of the molecule is CC[C@H](CSC)NS(=O)(=O)c1ccc(NC(C)=O)cc1. The fourth-order valence-corrected chi connectivity index (χ4v) is 3.79. The van der Waals surface area contributed by atoms with E-state index in [9.17, 15) is 13.2 Å². The Labute approximate surface area is 124 Å². The lowest BCUT2D eigenvalue weighted by molar-refractivity contribution is -0.114. The second kappa shape index (κ2) is 7.66. The van der Waals surface area contributed by atoms with Crippen LogP contribution in [0.25, 0.3) is 0 Å². The number of carbonyl (C=O) groups excluding carboxylic acids is 1. The average Bonchev–Trinajstić information content (AvgIpc) is 2.38. The normalized spacial score (nSPS) is 12.9. The Hall–Kier alpha value is -1.05. The summed E-state index contributed by atoms with van der Waals surface area (Å²) in [5.74, 6) is 0.546. The molecule has 1 aromatic carbocycles. The number of amides is 1. The number of hydrogen-bond donors (Lipinski definition) is 2. The van der Waals surface area contributed by atoms with Crippen molar-refractivity contribution >= 4 is 33.4 Å². The van der Waals surface area contributed by atoms with Crippen LogP contribution in [0, 0.1) is 0 Å². The van der Waals surface area contributed by atoms with Gasteiger partial charge in [0.15, 0.2) is 0 Å². The molecular formula is C13H20N2O3S2. The average molecular weight is 316 g/mol. The summed E-state index contributed by atoms with van der Waals surface area (Å²) in [5, 5.41) is 2.60. The highest BCUT2D eigenvalue weighted by Crippen LogP contribution is 2.15. The van der Waals surface area contributed by atoms with Crippen LogP contribution in [0.1, 0.15) is 20.3 Å². The molecule has 0 spiro atoms. The van der Waals surface area contributed by atoms with Crippen molar-refractivity contribution in [3.63, 3.8) is 0 Å². The van der Waals surface area contributed by atoms with Crippen molar-refractivity contribution in [1.82, 2.24) is 4.72 Å². The second-order valence-corrected chi connectivity index (χ2v) is 7.01. The van der Waals surface area contributed by atoms with Gasteiger partial charge < -0.3 is 5.32 Å². The first-order chi connectivity index (χ1) is 9.39. The molecule has 0 fully saturated rings. The van der Waals surface area contributed by atoms with E-state index >= 15 is 0 Å². The lowest BCUT2D eigenvalue weighted by Gasteiger charge is -2.16. The van der Waals surface area contributed by atoms with Crippen molar-refractivity contribution in [1.29, 1.82) is 0 Å². The van der Waals surface area contributed by atoms with E-state index in [4.69, 9.17) is 0 Å². The summed E-state index contributed by atoms with van der Waals surface area (Å²) in [7, 11) is -3.52. The minimum absolute atomic E-state index is 0.0787. The minimum Gasteiger partial charge on any atom is -0.326 e. The number of anilines is 1. The Morgan fingerprint density at radius 1 is 1.30 bits per heavy atom. The predicted molar refractivity (Wildman–Crippen MR) is 83.5 cm³/mol. The van der Waals surface area contributed by atoms with Gasteiger partial charge in [0.25, 0.3) is 0 Å². The van der Waals surface area contributed by atoms with Gasteiger partial charge in [-0.2, -0.15) is 11.8 Å². The fraction of sp³-hybridized carbons (Fsp3) is 0.462. The van der Waals surface area contributed by atoms with E-state index in [1.54, 1.807) is 23.9 Å². The molecule has 1 atom stereocenters. The van der Waals surface area contributed by atoms with Crippen LogP contribution in [0.2, 0.25) is 0 Å². The first-order valence-corrected chi connectivity index (χ1v) is 9.15. The Morgan fingerprint density at radius 3 is 2.35 bits per heavy atom. The third kappa shape index (κ3) is 5.15. The maximum atomic E-state index is 12.2. The van der Waals surface area contributed by atoms with Crippen molar-refractivity contribution in [2.24, 2.45) is 0 Å². The molecule has 0 aliphatic rings. The van der Waals surface area contributed by atoms with E-state index < -0.39 is 10.0 Å². The highest BCUT2D eigenvalue weighted by Gasteiger charge is 2.18. The third-order valence-electron chi connectivity index (χ3n) is 2.67. The standard InChI is InChI=1S/C13H20N2O3S2/c1-4-11(9-19-3)15-20(17,18)13-7-5-12(6-8-13)14-10(2)16/h5-8,11,15H,4,9H2,1-3H3,(H,14,16)/t11-/m1/s1. The van der Waals surface area contributed by atoms with Gasteiger partial charge >= 0.3 is 0 Å². The number of hydrogen-bond acceptors (Lipinski definition) is 4. The van der Waals surface area contributed by atoms with Gasteiger partial charge in [0.2, 0.25) is 15.9 Å². The summed E-state index contributed by atoms with van der Waals surface area (Å²) < 4.78 is 27.1. The molecule has 0 bridgehead atoms. The summed E-state index contributed by atoms with van der Waals surface area (Å²) in [6.45, 7) is 3.35. The number of benzene rings is 1. The topological polar surface area (TPSA) is 75.3 Å². The van der Waals surface area contributed by atoms with Crippen molar-refractivity contribution in [2.45, 2.75) is 31.2 Å². The van der Waals surface area contributed by atoms with Crippen molar-refractivity contribution in [3.05, 3.63) is 24.3 Å². The highest BCUT2D eigenvalue weighted by molar-refractivity contribution is 7.98. The van der Waals surface area contributed by atoms with Gasteiger partial charge in [-0.25, -0.2) is 13.1 Å². The lowest BCUT2D eigenvalue weighted by Crippen LogP contribution is -2.36. The lowest BCUT2D eigenvalue weighted by atomic mass is 10.3. The van der Waals surface area contributed by atoms with E-state index in [2.05, 4.69) is 10.0 Å². The molecule has 5 nitrogen and oxygen atoms in total. The third-order valence-corrected chi connectivity index (χ3v) is 4.94. The van der Waals surface area contributed by atoms with Crippen LogP contribution in [-0.4, -0.2) is 32.4 Å². The predicted octanol–water partition coefficient (Wildman–Crippen LogP) is 2.06. The molecule has 1 aromatic rings. The largest absolute Gasteiger partial charge is 0.326 e. The summed E-state index contributed by atoms with van der Waals surface area (Å²) >= 11 is 1.61. The van der Waals surface area contributed by atoms with Gasteiger partial charge in [-0.05, 0) is 36.9 Å². The number of rotatable bonds is 7. The zero-order valence-corrected chi connectivity index (χ0v) is 13.5. The van der Waals surface area contributed by atoms with Crippen molar-refractivity contribution in [2.75, 3.05) is 17.3 Å². The van der Waals surface area contributed by atoms with Gasteiger partial charge in [0.05, 0.1) is 4.90 Å². The van der Waals surface area contributed by atoms with Crippen molar-refractivity contribution < 1.29 is 13.2 Å². The zero-order chi connectivity index (χ0) is 15.2. The zero-order valence-electron chi connectivity index (χ0n) is 11.8. The fourth-order valence-electron chi connectivity index (χ4n) is 1.64. The van der Waals surface area contributed by atoms with Gasteiger partial charge in [0, 0.05) is 24.4 Å². The Bertz CT molecular complexity index is 541. The molecule has 0 radical (unpaired) electrons.